The minimum atomic E-state index is -0.691. The van der Waals surface area contributed by atoms with Crippen LogP contribution in [0.3, 0.4) is 0 Å². The maximum absolute atomic E-state index is 13.5. The molecule has 6 heteroatoms. The Labute approximate surface area is 212 Å². The Morgan fingerprint density at radius 1 is 1.06 bits per heavy atom. The molecule has 0 unspecified atom stereocenters. The number of nitrogens with one attached hydrogen (secondary N) is 1. The highest BCUT2D eigenvalue weighted by Gasteiger charge is 2.33. The molecule has 0 radical (unpaired) electrons. The molecule has 2 amide bonds. The van der Waals surface area contributed by atoms with Crippen LogP contribution in [0.15, 0.2) is 72.8 Å². The molecule has 0 bridgehead atoms. The van der Waals surface area contributed by atoms with Crippen LogP contribution in [-0.2, 0) is 22.6 Å². The van der Waals surface area contributed by atoms with E-state index in [1.54, 1.807) is 12.1 Å². The quantitative estimate of drug-likeness (QED) is 0.460. The molecule has 5 nitrogen and oxygen atoms in total. The molecule has 1 aliphatic heterocycles. The third kappa shape index (κ3) is 5.76. The van der Waals surface area contributed by atoms with Crippen LogP contribution in [0.25, 0.3) is 0 Å². The van der Waals surface area contributed by atoms with Gasteiger partial charge in [0.2, 0.25) is 5.91 Å². The summed E-state index contributed by atoms with van der Waals surface area (Å²) in [7, 11) is 0. The van der Waals surface area contributed by atoms with Crippen LogP contribution in [0, 0.1) is 11.7 Å². The number of benzene rings is 3. The van der Waals surface area contributed by atoms with Crippen molar-refractivity contribution in [3.8, 4) is 5.75 Å². The third-order valence-corrected chi connectivity index (χ3v) is 6.54. The van der Waals surface area contributed by atoms with Gasteiger partial charge in [0.05, 0.1) is 6.04 Å². The lowest BCUT2D eigenvalue weighted by Gasteiger charge is -2.39. The van der Waals surface area contributed by atoms with Gasteiger partial charge >= 0.3 is 0 Å². The van der Waals surface area contributed by atoms with Crippen LogP contribution in [0.2, 0.25) is 0 Å². The molecular weight excluding hydrogens is 455 g/mol. The molecule has 1 N–H and O–H groups in total. The Kier molecular flexibility index (Phi) is 8.04. The second-order valence-corrected chi connectivity index (χ2v) is 9.47. The summed E-state index contributed by atoms with van der Waals surface area (Å²) in [6.07, 6.45) is 0.554. The fourth-order valence-corrected chi connectivity index (χ4v) is 4.67. The first kappa shape index (κ1) is 25.4. The van der Waals surface area contributed by atoms with Gasteiger partial charge in [0, 0.05) is 19.0 Å². The predicted molar refractivity (Wildman–Crippen MR) is 138 cm³/mol. The predicted octanol–water partition coefficient (Wildman–Crippen LogP) is 5.43. The number of carbonyl (C=O) groups is 2. The Balaban J connectivity index is 1.56. The van der Waals surface area contributed by atoms with Crippen LogP contribution in [0.4, 0.5) is 4.39 Å². The van der Waals surface area contributed by atoms with Crippen LogP contribution in [0.1, 0.15) is 55.5 Å². The number of ether oxygens (including phenoxy) is 1. The van der Waals surface area contributed by atoms with Gasteiger partial charge in [-0.25, -0.2) is 4.39 Å². The monoisotopic (exact) mass is 488 g/mol. The molecule has 0 spiro atoms. The van der Waals surface area contributed by atoms with Crippen LogP contribution in [-0.4, -0.2) is 29.4 Å². The average molecular weight is 489 g/mol. The summed E-state index contributed by atoms with van der Waals surface area (Å²) in [5, 5.41) is 2.85. The van der Waals surface area contributed by atoms with Gasteiger partial charge in [-0.2, -0.15) is 0 Å². The van der Waals surface area contributed by atoms with Crippen LogP contribution in [0.5, 0.6) is 5.75 Å². The van der Waals surface area contributed by atoms with Gasteiger partial charge < -0.3 is 15.0 Å². The van der Waals surface area contributed by atoms with Gasteiger partial charge in [0.25, 0.3) is 5.91 Å². The largest absolute Gasteiger partial charge is 0.481 e. The van der Waals surface area contributed by atoms with Crippen molar-refractivity contribution in [2.24, 2.45) is 5.92 Å². The van der Waals surface area contributed by atoms with Crippen molar-refractivity contribution >= 4 is 11.8 Å². The van der Waals surface area contributed by atoms with E-state index in [4.69, 9.17) is 4.74 Å². The summed E-state index contributed by atoms with van der Waals surface area (Å²) in [5.74, 6) is 0.00138. The molecule has 188 valence electrons. The number of amides is 2. The Morgan fingerprint density at radius 3 is 2.53 bits per heavy atom. The maximum Gasteiger partial charge on any atom is 0.261 e. The molecule has 3 aromatic carbocycles. The number of hydrogen-bond acceptors (Lipinski definition) is 3. The van der Waals surface area contributed by atoms with Gasteiger partial charge in [-0.05, 0) is 59.4 Å². The number of hydrogen-bond donors (Lipinski definition) is 1. The fourth-order valence-electron chi connectivity index (χ4n) is 4.67. The molecule has 0 aromatic heterocycles. The highest BCUT2D eigenvalue weighted by molar-refractivity contribution is 5.81. The van der Waals surface area contributed by atoms with Gasteiger partial charge in [0.1, 0.15) is 11.6 Å². The zero-order valence-electron chi connectivity index (χ0n) is 21.0. The zero-order chi connectivity index (χ0) is 25.7. The molecule has 0 aliphatic carbocycles. The number of carbonyl (C=O) groups excluding carboxylic acids is 2. The van der Waals surface area contributed by atoms with E-state index in [0.29, 0.717) is 24.3 Å². The normalized spacial score (nSPS) is 15.8. The van der Waals surface area contributed by atoms with Crippen molar-refractivity contribution in [3.63, 3.8) is 0 Å². The molecular formula is C30H33FN2O3. The van der Waals surface area contributed by atoms with E-state index in [2.05, 4.69) is 5.32 Å². The SMILES string of the molecule is CC[C@@H](Oc1ccc2c(c1)[C@@H](c1ccccc1)N(C(=O)C(C)C)CC2)C(=O)NCc1cccc(F)c1. The third-order valence-electron chi connectivity index (χ3n) is 6.54. The standard InChI is InChI=1S/C30H33FN2O3/c1-4-27(29(34)32-19-21-9-8-12-24(31)17-21)36-25-14-13-22-15-16-33(30(35)20(2)3)28(26(22)18-25)23-10-6-5-7-11-23/h5-14,17-18,20,27-28H,4,15-16,19H2,1-3H3,(H,32,34)/t27-,28-/m1/s1. The Morgan fingerprint density at radius 2 is 1.83 bits per heavy atom. The fraction of sp³-hybridized carbons (Fsp3) is 0.333. The molecule has 2 atom stereocenters. The first-order valence-corrected chi connectivity index (χ1v) is 12.5. The number of rotatable bonds is 8. The second kappa shape index (κ2) is 11.4. The van der Waals surface area contributed by atoms with E-state index < -0.39 is 6.10 Å². The van der Waals surface area contributed by atoms with Crippen molar-refractivity contribution in [3.05, 3.63) is 101 Å². The smallest absolute Gasteiger partial charge is 0.261 e. The molecule has 1 aliphatic rings. The lowest BCUT2D eigenvalue weighted by molar-refractivity contribution is -0.136. The maximum atomic E-state index is 13.5. The van der Waals surface area contributed by atoms with E-state index in [1.165, 1.54) is 17.7 Å². The van der Waals surface area contributed by atoms with E-state index >= 15 is 0 Å². The second-order valence-electron chi connectivity index (χ2n) is 9.47. The van der Waals surface area contributed by atoms with Crippen LogP contribution < -0.4 is 10.1 Å². The Hall–Kier alpha value is -3.67. The van der Waals surface area contributed by atoms with Gasteiger partial charge in [0.15, 0.2) is 6.10 Å². The van der Waals surface area contributed by atoms with E-state index in [1.807, 2.05) is 74.2 Å². The van der Waals surface area contributed by atoms with Gasteiger partial charge in [-0.1, -0.05) is 69.3 Å². The molecule has 4 rings (SSSR count). The topological polar surface area (TPSA) is 58.6 Å². The minimum Gasteiger partial charge on any atom is -0.481 e. The van der Waals surface area contributed by atoms with Crippen molar-refractivity contribution < 1.29 is 18.7 Å². The zero-order valence-corrected chi connectivity index (χ0v) is 21.0. The highest BCUT2D eigenvalue weighted by Crippen LogP contribution is 2.38. The lowest BCUT2D eigenvalue weighted by Crippen LogP contribution is -2.42. The van der Waals surface area contributed by atoms with Gasteiger partial charge in [-0.15, -0.1) is 0 Å². The molecule has 0 saturated heterocycles. The molecule has 0 fully saturated rings. The number of fused-ring (bicyclic) bond motifs is 1. The summed E-state index contributed by atoms with van der Waals surface area (Å²) in [4.78, 5) is 27.9. The summed E-state index contributed by atoms with van der Waals surface area (Å²) in [5.41, 5.74) is 3.93. The van der Waals surface area contributed by atoms with Crippen molar-refractivity contribution in [1.82, 2.24) is 10.2 Å². The molecule has 3 aromatic rings. The first-order chi connectivity index (χ1) is 17.4. The highest BCUT2D eigenvalue weighted by atomic mass is 19.1. The van der Waals surface area contributed by atoms with Crippen molar-refractivity contribution in [2.75, 3.05) is 6.54 Å². The Bertz CT molecular complexity index is 1210. The summed E-state index contributed by atoms with van der Waals surface area (Å²) in [6.45, 7) is 6.62. The summed E-state index contributed by atoms with van der Waals surface area (Å²) >= 11 is 0. The molecule has 1 heterocycles. The number of nitrogens with zero attached hydrogens (tertiary/aromatic N) is 1. The summed E-state index contributed by atoms with van der Waals surface area (Å²) < 4.78 is 19.6. The molecule has 36 heavy (non-hydrogen) atoms. The average Bonchev–Trinajstić information content (AvgIpc) is 2.89. The minimum absolute atomic E-state index is 0.108. The lowest BCUT2D eigenvalue weighted by atomic mass is 9.87. The van der Waals surface area contributed by atoms with E-state index in [0.717, 1.165) is 17.5 Å². The van der Waals surface area contributed by atoms with Crippen molar-refractivity contribution in [2.45, 2.75) is 52.3 Å². The number of halogens is 1. The van der Waals surface area contributed by atoms with Crippen LogP contribution >= 0.6 is 0 Å². The van der Waals surface area contributed by atoms with Gasteiger partial charge in [-0.3, -0.25) is 9.59 Å². The first-order valence-electron chi connectivity index (χ1n) is 12.5. The molecule has 0 saturated carbocycles. The van der Waals surface area contributed by atoms with E-state index in [-0.39, 0.29) is 36.1 Å². The van der Waals surface area contributed by atoms with E-state index in [9.17, 15) is 14.0 Å². The van der Waals surface area contributed by atoms with Crippen molar-refractivity contribution in [1.29, 1.82) is 0 Å². The summed E-state index contributed by atoms with van der Waals surface area (Å²) in [6, 6.07) is 21.9.